The van der Waals surface area contributed by atoms with Gasteiger partial charge in [0.05, 0.1) is 28.9 Å². The highest BCUT2D eigenvalue weighted by Crippen LogP contribution is 2.32. The van der Waals surface area contributed by atoms with E-state index in [2.05, 4.69) is 0 Å². The molecule has 0 fully saturated rings. The zero-order valence-electron chi connectivity index (χ0n) is 14.9. The van der Waals surface area contributed by atoms with Crippen molar-refractivity contribution in [3.63, 3.8) is 0 Å². The third-order valence-corrected chi connectivity index (χ3v) is 6.93. The van der Waals surface area contributed by atoms with Crippen LogP contribution in [0.2, 0.25) is 0 Å². The fourth-order valence-corrected chi connectivity index (χ4v) is 4.36. The van der Waals surface area contributed by atoms with E-state index in [9.17, 15) is 18.0 Å². The van der Waals surface area contributed by atoms with Crippen molar-refractivity contribution in [1.29, 1.82) is 0 Å². The fourth-order valence-electron chi connectivity index (χ4n) is 3.26. The van der Waals surface area contributed by atoms with Crippen molar-refractivity contribution in [3.05, 3.63) is 53.3 Å². The predicted octanol–water partition coefficient (Wildman–Crippen LogP) is 2.56. The lowest BCUT2D eigenvalue weighted by molar-refractivity contribution is -0.142. The Morgan fingerprint density at radius 3 is 2.58 bits per heavy atom. The minimum absolute atomic E-state index is 0.138. The summed E-state index contributed by atoms with van der Waals surface area (Å²) in [7, 11) is -2.11. The molecule has 1 aromatic heterocycles. The van der Waals surface area contributed by atoms with Crippen LogP contribution in [0.4, 0.5) is 0 Å². The highest BCUT2D eigenvalue weighted by atomic mass is 32.2. The first-order chi connectivity index (χ1) is 12.3. The molecule has 2 heterocycles. The summed E-state index contributed by atoms with van der Waals surface area (Å²) >= 11 is 0. The maximum Gasteiger partial charge on any atom is 0.314 e. The molecule has 0 spiro atoms. The number of nitrogens with zero attached hydrogens (tertiary/aromatic N) is 1. The van der Waals surface area contributed by atoms with Crippen molar-refractivity contribution in [1.82, 2.24) is 4.57 Å². The van der Waals surface area contributed by atoms with Crippen LogP contribution in [0.5, 0.6) is 0 Å². The van der Waals surface area contributed by atoms with Gasteiger partial charge in [0.1, 0.15) is 0 Å². The van der Waals surface area contributed by atoms with Crippen LogP contribution in [0.15, 0.2) is 41.3 Å². The van der Waals surface area contributed by atoms with Crippen molar-refractivity contribution in [2.45, 2.75) is 42.9 Å². The first-order valence-electron chi connectivity index (χ1n) is 8.43. The van der Waals surface area contributed by atoms with E-state index < -0.39 is 15.1 Å². The number of hydrogen-bond donors (Lipinski definition) is 0. The molecule has 26 heavy (non-hydrogen) atoms. The molecule has 0 saturated carbocycles. The van der Waals surface area contributed by atoms with Crippen molar-refractivity contribution in [2.75, 3.05) is 7.11 Å². The highest BCUT2D eigenvalue weighted by molar-refractivity contribution is 7.92. The van der Waals surface area contributed by atoms with Gasteiger partial charge in [0.2, 0.25) is 5.78 Å². The first kappa shape index (κ1) is 18.4. The lowest BCUT2D eigenvalue weighted by Crippen LogP contribution is -2.15. The van der Waals surface area contributed by atoms with Gasteiger partial charge < -0.3 is 9.30 Å². The van der Waals surface area contributed by atoms with Gasteiger partial charge in [-0.2, -0.15) is 0 Å². The summed E-state index contributed by atoms with van der Waals surface area (Å²) in [5.41, 5.74) is 1.52. The van der Waals surface area contributed by atoms with Crippen LogP contribution in [0, 0.1) is 0 Å². The van der Waals surface area contributed by atoms with Crippen LogP contribution in [0.3, 0.4) is 0 Å². The number of fused-ring (bicyclic) bond motifs is 1. The predicted molar refractivity (Wildman–Crippen MR) is 96.0 cm³/mol. The molecule has 1 atom stereocenters. The van der Waals surface area contributed by atoms with E-state index in [0.29, 0.717) is 24.2 Å². The van der Waals surface area contributed by atoms with Crippen LogP contribution in [0.25, 0.3) is 0 Å². The normalized spacial score (nSPS) is 16.5. The average molecular weight is 375 g/mol. The standard InChI is InChI=1S/C19H21NO5S/c1-12(2)26(23,24)14-6-4-5-13(11-14)18(21)17-8-7-16-15(19(22)25-3)9-10-20(16)17/h4-8,11-12,15H,9-10H2,1-3H3. The Labute approximate surface area is 152 Å². The number of carbonyl (C=O) groups excluding carboxylic acids is 2. The number of carbonyl (C=O) groups is 2. The smallest absolute Gasteiger partial charge is 0.314 e. The van der Waals surface area contributed by atoms with E-state index in [-0.39, 0.29) is 22.6 Å². The molecule has 0 bridgehead atoms. The monoisotopic (exact) mass is 375 g/mol. The molecule has 1 aliphatic heterocycles. The quantitative estimate of drug-likeness (QED) is 0.592. The van der Waals surface area contributed by atoms with Gasteiger partial charge in [-0.05, 0) is 44.5 Å². The number of sulfone groups is 1. The van der Waals surface area contributed by atoms with Gasteiger partial charge in [0.25, 0.3) is 0 Å². The van der Waals surface area contributed by atoms with Crippen LogP contribution in [-0.2, 0) is 25.9 Å². The minimum atomic E-state index is -3.46. The molecule has 3 rings (SSSR count). The Morgan fingerprint density at radius 1 is 1.19 bits per heavy atom. The van der Waals surface area contributed by atoms with Crippen LogP contribution >= 0.6 is 0 Å². The molecule has 1 unspecified atom stereocenters. The van der Waals surface area contributed by atoms with Crippen molar-refractivity contribution >= 4 is 21.6 Å². The third kappa shape index (κ3) is 2.96. The second-order valence-corrected chi connectivity index (χ2v) is 9.11. The van der Waals surface area contributed by atoms with Gasteiger partial charge in [-0.1, -0.05) is 12.1 Å². The second-order valence-electron chi connectivity index (χ2n) is 6.61. The summed E-state index contributed by atoms with van der Waals surface area (Å²) in [5.74, 6) is -0.942. The molecule has 138 valence electrons. The summed E-state index contributed by atoms with van der Waals surface area (Å²) in [6, 6.07) is 9.54. The molecule has 6 nitrogen and oxygen atoms in total. The van der Waals surface area contributed by atoms with Crippen LogP contribution in [0.1, 0.15) is 47.9 Å². The molecule has 2 aromatic rings. The molecule has 1 aromatic carbocycles. The number of hydrogen-bond acceptors (Lipinski definition) is 5. The molecule has 0 radical (unpaired) electrons. The summed E-state index contributed by atoms with van der Waals surface area (Å²) in [5, 5.41) is -0.564. The largest absolute Gasteiger partial charge is 0.469 e. The molecule has 0 N–H and O–H groups in total. The molecule has 0 amide bonds. The van der Waals surface area contributed by atoms with Crippen molar-refractivity contribution in [3.8, 4) is 0 Å². The molecular formula is C19H21NO5S. The maximum atomic E-state index is 12.9. The number of ketones is 1. The Hall–Kier alpha value is -2.41. The van der Waals surface area contributed by atoms with Gasteiger partial charge in [-0.15, -0.1) is 0 Å². The number of ether oxygens (including phenoxy) is 1. The van der Waals surface area contributed by atoms with Gasteiger partial charge in [-0.3, -0.25) is 9.59 Å². The first-order valence-corrected chi connectivity index (χ1v) is 9.98. The fraction of sp³-hybridized carbons (Fsp3) is 0.368. The Bertz CT molecular complexity index is 972. The SMILES string of the molecule is COC(=O)C1CCn2c(C(=O)c3cccc(S(=O)(=O)C(C)C)c3)ccc21. The molecule has 1 aliphatic rings. The number of benzene rings is 1. The number of rotatable bonds is 5. The summed E-state index contributed by atoms with van der Waals surface area (Å²) in [6.07, 6.45) is 0.588. The van der Waals surface area contributed by atoms with Crippen LogP contribution < -0.4 is 0 Å². The topological polar surface area (TPSA) is 82.4 Å². The minimum Gasteiger partial charge on any atom is -0.469 e. The van der Waals surface area contributed by atoms with Gasteiger partial charge >= 0.3 is 5.97 Å². The van der Waals surface area contributed by atoms with E-state index in [1.165, 1.54) is 19.2 Å². The third-order valence-electron chi connectivity index (χ3n) is 4.78. The Kier molecular flexibility index (Phi) is 4.75. The van der Waals surface area contributed by atoms with E-state index >= 15 is 0 Å². The van der Waals surface area contributed by atoms with E-state index in [0.717, 1.165) is 5.69 Å². The lowest BCUT2D eigenvalue weighted by atomic mass is 10.1. The van der Waals surface area contributed by atoms with E-state index in [1.807, 2.05) is 4.57 Å². The molecule has 7 heteroatoms. The van der Waals surface area contributed by atoms with E-state index in [1.54, 1.807) is 38.1 Å². The number of esters is 1. The molecular weight excluding hydrogens is 354 g/mol. The summed E-state index contributed by atoms with van der Waals surface area (Å²) < 4.78 is 31.4. The Morgan fingerprint density at radius 2 is 1.92 bits per heavy atom. The zero-order valence-corrected chi connectivity index (χ0v) is 15.7. The highest BCUT2D eigenvalue weighted by Gasteiger charge is 2.32. The van der Waals surface area contributed by atoms with Crippen molar-refractivity contribution < 1.29 is 22.7 Å². The molecule has 0 aliphatic carbocycles. The van der Waals surface area contributed by atoms with Crippen LogP contribution in [-0.4, -0.2) is 37.1 Å². The second kappa shape index (κ2) is 6.72. The number of aromatic nitrogens is 1. The van der Waals surface area contributed by atoms with Gasteiger partial charge in [-0.25, -0.2) is 8.42 Å². The van der Waals surface area contributed by atoms with Gasteiger partial charge in [0, 0.05) is 17.8 Å². The zero-order chi connectivity index (χ0) is 19.1. The van der Waals surface area contributed by atoms with Crippen molar-refractivity contribution in [2.24, 2.45) is 0 Å². The lowest BCUT2D eigenvalue weighted by Gasteiger charge is -2.10. The summed E-state index contributed by atoms with van der Waals surface area (Å²) in [6.45, 7) is 3.76. The summed E-state index contributed by atoms with van der Waals surface area (Å²) in [4.78, 5) is 24.9. The Balaban J connectivity index is 1.97. The molecule has 0 saturated heterocycles. The average Bonchev–Trinajstić information content (AvgIpc) is 3.22. The number of methoxy groups -OCH3 is 1. The van der Waals surface area contributed by atoms with Gasteiger partial charge in [0.15, 0.2) is 9.84 Å². The van der Waals surface area contributed by atoms with E-state index in [4.69, 9.17) is 4.74 Å². The maximum absolute atomic E-state index is 12.9.